The van der Waals surface area contributed by atoms with Crippen LogP contribution >= 0.6 is 0 Å². The van der Waals surface area contributed by atoms with Gasteiger partial charge in [0.05, 0.1) is 23.7 Å². The molecule has 0 radical (unpaired) electrons. The number of benzene rings is 5. The summed E-state index contributed by atoms with van der Waals surface area (Å²) in [6, 6.07) is 44.7. The van der Waals surface area contributed by atoms with Crippen LogP contribution in [0.3, 0.4) is 0 Å². The summed E-state index contributed by atoms with van der Waals surface area (Å²) in [6.45, 7) is 5.22. The lowest BCUT2D eigenvalue weighted by molar-refractivity contribution is 0.0961. The molecule has 6 nitrogen and oxygen atoms in total. The summed E-state index contributed by atoms with van der Waals surface area (Å²) >= 11 is 0. The van der Waals surface area contributed by atoms with Crippen LogP contribution in [-0.4, -0.2) is 32.2 Å². The normalized spacial score (nSPS) is 13.1. The number of carbonyl (C=O) groups excluding carboxylic acids is 1. The number of rotatable bonds is 6. The van der Waals surface area contributed by atoms with Crippen molar-refractivity contribution < 1.29 is 4.79 Å². The van der Waals surface area contributed by atoms with Gasteiger partial charge >= 0.3 is 0 Å². The van der Waals surface area contributed by atoms with Crippen LogP contribution in [0.1, 0.15) is 43.9 Å². The summed E-state index contributed by atoms with van der Waals surface area (Å²) in [5, 5.41) is 5.32. The molecular weight excluding hydrogens is 578 g/mol. The van der Waals surface area contributed by atoms with Crippen molar-refractivity contribution in [1.29, 1.82) is 0 Å². The van der Waals surface area contributed by atoms with E-state index in [1.165, 1.54) is 16.7 Å². The maximum absolute atomic E-state index is 13.4. The Balaban J connectivity index is 1.19. The highest BCUT2D eigenvalue weighted by atomic mass is 16.2. The van der Waals surface area contributed by atoms with Gasteiger partial charge in [-0.05, 0) is 72.0 Å². The number of anilines is 1. The predicted octanol–water partition coefficient (Wildman–Crippen LogP) is 8.15. The third-order valence-corrected chi connectivity index (χ3v) is 9.38. The predicted molar refractivity (Wildman–Crippen MR) is 187 cm³/mol. The Morgan fingerprint density at radius 3 is 1.89 bits per heavy atom. The first-order valence-electron chi connectivity index (χ1n) is 15.9. The molecule has 1 amide bonds. The van der Waals surface area contributed by atoms with Gasteiger partial charge in [0.1, 0.15) is 5.69 Å². The highest BCUT2D eigenvalue weighted by molar-refractivity contribution is 6.07. The van der Waals surface area contributed by atoms with Crippen molar-refractivity contribution >= 4 is 22.5 Å². The van der Waals surface area contributed by atoms with Crippen molar-refractivity contribution in [2.45, 2.75) is 25.8 Å². The molecule has 0 saturated heterocycles. The van der Waals surface area contributed by atoms with Crippen molar-refractivity contribution in [3.8, 4) is 11.4 Å². The van der Waals surface area contributed by atoms with Crippen LogP contribution in [0.25, 0.3) is 22.3 Å². The lowest BCUT2D eigenvalue weighted by atomic mass is 9.65. The zero-order chi connectivity index (χ0) is 32.0. The molecule has 0 fully saturated rings. The smallest absolute Gasteiger partial charge is 0.276 e. The Labute approximate surface area is 274 Å². The molecule has 2 aromatic heterocycles. The maximum atomic E-state index is 13.4. The molecule has 7 aromatic rings. The number of aryl methyl sites for hydroxylation is 2. The lowest BCUT2D eigenvalue weighted by Gasteiger charge is -2.37. The van der Waals surface area contributed by atoms with Crippen molar-refractivity contribution in [1.82, 2.24) is 19.7 Å². The molecule has 5 aromatic carbocycles. The van der Waals surface area contributed by atoms with Crippen molar-refractivity contribution in [3.63, 3.8) is 0 Å². The standard InChI is InChI=1S/C41H33N5O/c1-28-24-30(18-21-37(28)45-22-23-46-38(40(45)47)29(2)26-43-46)39-42-27-31-25-35(19-20-36(31)44-39)41(32-12-6-3-7-13-32,33-14-8-4-9-15-33)34-16-10-5-11-17-34/h3-21,24-27H,22-23H2,1-2H3. The molecule has 6 heteroatoms. The van der Waals surface area contributed by atoms with Crippen LogP contribution in [0.5, 0.6) is 0 Å². The second-order valence-electron chi connectivity index (χ2n) is 12.2. The van der Waals surface area contributed by atoms with E-state index in [1.807, 2.05) is 37.1 Å². The van der Waals surface area contributed by atoms with Crippen LogP contribution in [0.2, 0.25) is 0 Å². The number of hydrogen-bond acceptors (Lipinski definition) is 4. The molecule has 0 saturated carbocycles. The molecule has 1 aliphatic rings. The Bertz CT molecular complexity index is 2150. The number of fused-ring (bicyclic) bond motifs is 2. The van der Waals surface area contributed by atoms with Gasteiger partial charge in [-0.15, -0.1) is 0 Å². The number of aromatic nitrogens is 4. The number of nitrogens with zero attached hydrogens (tertiary/aromatic N) is 5. The average molecular weight is 612 g/mol. The molecule has 0 bridgehead atoms. The minimum atomic E-state index is -0.536. The molecule has 0 unspecified atom stereocenters. The van der Waals surface area contributed by atoms with Gasteiger partial charge in [0.25, 0.3) is 5.91 Å². The van der Waals surface area contributed by atoms with E-state index < -0.39 is 5.41 Å². The van der Waals surface area contributed by atoms with Crippen LogP contribution in [0, 0.1) is 13.8 Å². The fourth-order valence-corrected chi connectivity index (χ4v) is 7.15. The highest BCUT2D eigenvalue weighted by Crippen LogP contribution is 2.45. The summed E-state index contributed by atoms with van der Waals surface area (Å²) in [5.41, 5.74) is 9.43. The summed E-state index contributed by atoms with van der Waals surface area (Å²) in [5.74, 6) is 0.636. The molecule has 47 heavy (non-hydrogen) atoms. The molecule has 0 atom stereocenters. The van der Waals surface area contributed by atoms with Crippen molar-refractivity contribution in [3.05, 3.63) is 179 Å². The van der Waals surface area contributed by atoms with Gasteiger partial charge in [0.15, 0.2) is 5.82 Å². The van der Waals surface area contributed by atoms with Gasteiger partial charge in [0, 0.05) is 34.9 Å². The number of amides is 1. The SMILES string of the molecule is Cc1cc(-c2ncc3cc(C(c4ccccc4)(c4ccccc4)c4ccccc4)ccc3n2)ccc1N1CCn2ncc(C)c2C1=O. The van der Waals surface area contributed by atoms with Crippen LogP contribution in [-0.2, 0) is 12.0 Å². The second-order valence-corrected chi connectivity index (χ2v) is 12.2. The van der Waals surface area contributed by atoms with Crippen LogP contribution in [0.15, 0.2) is 140 Å². The van der Waals surface area contributed by atoms with Crippen molar-refractivity contribution in [2.24, 2.45) is 0 Å². The zero-order valence-electron chi connectivity index (χ0n) is 26.3. The van der Waals surface area contributed by atoms with Gasteiger partial charge in [-0.25, -0.2) is 9.97 Å². The lowest BCUT2D eigenvalue weighted by Crippen LogP contribution is -2.41. The quantitative estimate of drug-likeness (QED) is 0.178. The van der Waals surface area contributed by atoms with E-state index >= 15 is 0 Å². The second kappa shape index (κ2) is 11.5. The largest absolute Gasteiger partial charge is 0.305 e. The van der Waals surface area contributed by atoms with E-state index in [1.54, 1.807) is 10.9 Å². The fourth-order valence-electron chi connectivity index (χ4n) is 7.15. The summed E-state index contributed by atoms with van der Waals surface area (Å²) in [7, 11) is 0. The minimum Gasteiger partial charge on any atom is -0.305 e. The van der Waals surface area contributed by atoms with Gasteiger partial charge in [0.2, 0.25) is 0 Å². The molecule has 228 valence electrons. The van der Waals surface area contributed by atoms with E-state index in [9.17, 15) is 4.79 Å². The minimum absolute atomic E-state index is 0.0163. The topological polar surface area (TPSA) is 63.9 Å². The molecule has 8 rings (SSSR count). The van der Waals surface area contributed by atoms with Crippen LogP contribution in [0.4, 0.5) is 5.69 Å². The third kappa shape index (κ3) is 4.72. The summed E-state index contributed by atoms with van der Waals surface area (Å²) in [4.78, 5) is 25.1. The Kier molecular flexibility index (Phi) is 6.98. The molecular formula is C41H33N5O. The first kappa shape index (κ1) is 28.6. The molecule has 0 N–H and O–H groups in total. The van der Waals surface area contributed by atoms with Crippen LogP contribution < -0.4 is 4.90 Å². The Morgan fingerprint density at radius 2 is 1.28 bits per heavy atom. The molecule has 0 aliphatic carbocycles. The molecule has 0 spiro atoms. The fraction of sp³-hybridized carbons (Fsp3) is 0.122. The van der Waals surface area contributed by atoms with Gasteiger partial charge in [-0.2, -0.15) is 5.10 Å². The Hall–Kier alpha value is -5.88. The first-order valence-corrected chi connectivity index (χ1v) is 15.9. The molecule has 3 heterocycles. The monoisotopic (exact) mass is 611 g/mol. The van der Waals surface area contributed by atoms with E-state index in [-0.39, 0.29) is 5.91 Å². The Morgan fingerprint density at radius 1 is 0.638 bits per heavy atom. The maximum Gasteiger partial charge on any atom is 0.276 e. The number of hydrogen-bond donors (Lipinski definition) is 0. The third-order valence-electron chi connectivity index (χ3n) is 9.38. The highest BCUT2D eigenvalue weighted by Gasteiger charge is 2.38. The van der Waals surface area contributed by atoms with Gasteiger partial charge in [-0.3, -0.25) is 9.48 Å². The van der Waals surface area contributed by atoms with E-state index in [2.05, 4.69) is 120 Å². The zero-order valence-corrected chi connectivity index (χ0v) is 26.3. The first-order chi connectivity index (χ1) is 23.0. The van der Waals surface area contributed by atoms with Crippen molar-refractivity contribution in [2.75, 3.05) is 11.4 Å². The average Bonchev–Trinajstić information content (AvgIpc) is 3.51. The number of carbonyl (C=O) groups is 1. The van der Waals surface area contributed by atoms with Gasteiger partial charge < -0.3 is 4.90 Å². The van der Waals surface area contributed by atoms with E-state index in [0.717, 1.165) is 38.8 Å². The van der Waals surface area contributed by atoms with E-state index in [0.29, 0.717) is 24.6 Å². The summed E-state index contributed by atoms with van der Waals surface area (Å²) in [6.07, 6.45) is 3.69. The van der Waals surface area contributed by atoms with E-state index in [4.69, 9.17) is 9.97 Å². The molecule has 1 aliphatic heterocycles. The summed E-state index contributed by atoms with van der Waals surface area (Å²) < 4.78 is 1.80. The van der Waals surface area contributed by atoms with Gasteiger partial charge in [-0.1, -0.05) is 97.1 Å².